The van der Waals surface area contributed by atoms with Crippen LogP contribution in [0.1, 0.15) is 5.56 Å². The van der Waals surface area contributed by atoms with Crippen molar-refractivity contribution in [2.75, 3.05) is 26.0 Å². The van der Waals surface area contributed by atoms with Crippen LogP contribution in [0.2, 0.25) is 0 Å². The number of methoxy groups -OCH3 is 1. The molecule has 3 rings (SSSR count). The Morgan fingerprint density at radius 3 is 3.09 bits per heavy atom. The smallest absolute Gasteiger partial charge is 0.336 e. The zero-order valence-electron chi connectivity index (χ0n) is 12.7. The first-order chi connectivity index (χ1) is 11.1. The number of fused-ring (bicyclic) bond motifs is 1. The molecule has 1 saturated heterocycles. The first kappa shape index (κ1) is 15.9. The Kier molecular flexibility index (Phi) is 4.58. The molecule has 1 aromatic carbocycles. The fourth-order valence-electron chi connectivity index (χ4n) is 2.85. The fourth-order valence-corrected chi connectivity index (χ4v) is 4.12. The lowest BCUT2D eigenvalue weighted by Gasteiger charge is -2.28. The lowest BCUT2D eigenvalue weighted by atomic mass is 10.1. The number of rotatable bonds is 3. The summed E-state index contributed by atoms with van der Waals surface area (Å²) in [6.45, 7) is 2.20. The van der Waals surface area contributed by atoms with Crippen LogP contribution in [0, 0.1) is 0 Å². The molecule has 122 valence electrons. The molecular formula is C16H18NO5S+. The number of benzene rings is 1. The van der Waals surface area contributed by atoms with E-state index in [2.05, 4.69) is 0 Å². The maximum Gasteiger partial charge on any atom is 0.336 e. The van der Waals surface area contributed by atoms with E-state index in [1.807, 2.05) is 0 Å². The van der Waals surface area contributed by atoms with Gasteiger partial charge in [0.2, 0.25) is 0 Å². The van der Waals surface area contributed by atoms with Crippen LogP contribution in [-0.2, 0) is 16.1 Å². The number of phenolic OH excluding ortho intramolecular Hbond substituents is 1. The maximum atomic E-state index is 11.7. The quantitative estimate of drug-likeness (QED) is 0.614. The zero-order valence-corrected chi connectivity index (χ0v) is 13.5. The number of esters is 1. The van der Waals surface area contributed by atoms with E-state index >= 15 is 0 Å². The van der Waals surface area contributed by atoms with Crippen LogP contribution in [0.4, 0.5) is 0 Å². The van der Waals surface area contributed by atoms with E-state index in [9.17, 15) is 14.7 Å². The fraction of sp³-hybridized carbons (Fsp3) is 0.375. The minimum absolute atomic E-state index is 0.0604. The molecule has 0 amide bonds. The summed E-state index contributed by atoms with van der Waals surface area (Å²) in [6.07, 6.45) is 0. The van der Waals surface area contributed by atoms with Crippen molar-refractivity contribution >= 4 is 28.7 Å². The number of quaternary nitrogens is 1. The van der Waals surface area contributed by atoms with Gasteiger partial charge in [0.05, 0.1) is 13.7 Å². The SMILES string of the molecule is COC(=O)[C@H]1C[NH+](Cc2cc(=O)oc3cc(O)ccc23)CCS1. The molecule has 23 heavy (non-hydrogen) atoms. The van der Waals surface area contributed by atoms with Gasteiger partial charge in [-0.05, 0) is 12.1 Å². The summed E-state index contributed by atoms with van der Waals surface area (Å²) in [7, 11) is 1.40. The van der Waals surface area contributed by atoms with Crippen molar-refractivity contribution in [1.82, 2.24) is 0 Å². The third-order valence-electron chi connectivity index (χ3n) is 3.97. The van der Waals surface area contributed by atoms with Crippen LogP contribution >= 0.6 is 11.8 Å². The molecule has 0 aliphatic carbocycles. The lowest BCUT2D eigenvalue weighted by Crippen LogP contribution is -3.13. The second kappa shape index (κ2) is 6.64. The Hall–Kier alpha value is -1.99. The van der Waals surface area contributed by atoms with Crippen LogP contribution in [0.25, 0.3) is 11.0 Å². The number of ether oxygens (including phenoxy) is 1. The van der Waals surface area contributed by atoms with Crippen molar-refractivity contribution in [2.45, 2.75) is 11.8 Å². The Balaban J connectivity index is 1.86. The summed E-state index contributed by atoms with van der Waals surface area (Å²) in [5.41, 5.74) is 0.804. The van der Waals surface area contributed by atoms with E-state index in [1.165, 1.54) is 24.1 Å². The molecule has 1 unspecified atom stereocenters. The molecule has 0 saturated carbocycles. The summed E-state index contributed by atoms with van der Waals surface area (Å²) < 4.78 is 9.97. The van der Waals surface area contributed by atoms with Crippen LogP contribution in [0.15, 0.2) is 33.5 Å². The first-order valence-corrected chi connectivity index (χ1v) is 8.40. The molecule has 2 N–H and O–H groups in total. The lowest BCUT2D eigenvalue weighted by molar-refractivity contribution is -0.911. The number of aromatic hydroxyl groups is 1. The Bertz CT molecular complexity index is 788. The number of thioether (sulfide) groups is 1. The maximum absolute atomic E-state index is 11.7. The summed E-state index contributed by atoms with van der Waals surface area (Å²) in [5, 5.41) is 10.2. The van der Waals surface area contributed by atoms with Crippen molar-refractivity contribution in [3.8, 4) is 5.75 Å². The molecular weight excluding hydrogens is 318 g/mol. The third kappa shape index (κ3) is 3.51. The van der Waals surface area contributed by atoms with Gasteiger partial charge in [0, 0.05) is 28.8 Å². The molecule has 6 nitrogen and oxygen atoms in total. The van der Waals surface area contributed by atoms with Crippen molar-refractivity contribution in [2.24, 2.45) is 0 Å². The summed E-state index contributed by atoms with van der Waals surface area (Å²) >= 11 is 1.61. The Morgan fingerprint density at radius 2 is 2.30 bits per heavy atom. The largest absolute Gasteiger partial charge is 0.508 e. The highest BCUT2D eigenvalue weighted by atomic mass is 32.2. The van der Waals surface area contributed by atoms with Gasteiger partial charge in [0.1, 0.15) is 24.4 Å². The van der Waals surface area contributed by atoms with Crippen molar-refractivity contribution in [1.29, 1.82) is 0 Å². The number of nitrogens with one attached hydrogen (secondary N) is 1. The van der Waals surface area contributed by atoms with Crippen molar-refractivity contribution in [3.05, 3.63) is 40.2 Å². The number of carbonyl (C=O) groups is 1. The van der Waals surface area contributed by atoms with Gasteiger partial charge in [-0.3, -0.25) is 4.79 Å². The van der Waals surface area contributed by atoms with E-state index in [4.69, 9.17) is 9.15 Å². The summed E-state index contributed by atoms with van der Waals surface area (Å²) in [4.78, 5) is 24.7. The van der Waals surface area contributed by atoms with Gasteiger partial charge in [-0.1, -0.05) is 0 Å². The molecule has 0 bridgehead atoms. The number of carbonyl (C=O) groups excluding carboxylic acids is 1. The second-order valence-electron chi connectivity index (χ2n) is 5.53. The van der Waals surface area contributed by atoms with E-state index in [0.717, 1.165) is 23.2 Å². The van der Waals surface area contributed by atoms with E-state index < -0.39 is 5.63 Å². The van der Waals surface area contributed by atoms with Gasteiger partial charge in [0.15, 0.2) is 5.25 Å². The van der Waals surface area contributed by atoms with Crippen LogP contribution in [0.3, 0.4) is 0 Å². The van der Waals surface area contributed by atoms with Gasteiger partial charge >= 0.3 is 11.6 Å². The highest BCUT2D eigenvalue weighted by Crippen LogP contribution is 2.21. The minimum Gasteiger partial charge on any atom is -0.508 e. The van der Waals surface area contributed by atoms with Crippen LogP contribution in [0.5, 0.6) is 5.75 Å². The molecule has 2 aromatic rings. The molecule has 2 atom stereocenters. The van der Waals surface area contributed by atoms with Crippen molar-refractivity contribution < 1.29 is 24.0 Å². The molecule has 1 fully saturated rings. The highest BCUT2D eigenvalue weighted by Gasteiger charge is 2.30. The molecule has 1 aromatic heterocycles. The van der Waals surface area contributed by atoms with Gasteiger partial charge in [-0.2, -0.15) is 0 Å². The zero-order chi connectivity index (χ0) is 16.4. The third-order valence-corrected chi connectivity index (χ3v) is 5.17. The van der Waals surface area contributed by atoms with Crippen LogP contribution < -0.4 is 10.5 Å². The van der Waals surface area contributed by atoms with E-state index in [1.54, 1.807) is 23.9 Å². The van der Waals surface area contributed by atoms with Crippen LogP contribution in [-0.4, -0.2) is 42.3 Å². The predicted molar refractivity (Wildman–Crippen MR) is 86.8 cm³/mol. The minimum atomic E-state index is -0.437. The Morgan fingerprint density at radius 1 is 1.48 bits per heavy atom. The predicted octanol–water partition coefficient (Wildman–Crippen LogP) is 0.172. The molecule has 1 aliphatic heterocycles. The van der Waals surface area contributed by atoms with Gasteiger partial charge < -0.3 is 19.2 Å². The van der Waals surface area contributed by atoms with Gasteiger partial charge in [-0.25, -0.2) is 4.79 Å². The normalized spacial score (nSPS) is 21.3. The van der Waals surface area contributed by atoms with Gasteiger partial charge in [-0.15, -0.1) is 11.8 Å². The molecule has 2 heterocycles. The Labute approximate surface area is 137 Å². The monoisotopic (exact) mass is 336 g/mol. The first-order valence-electron chi connectivity index (χ1n) is 7.35. The molecule has 7 heteroatoms. The molecule has 0 radical (unpaired) electrons. The van der Waals surface area contributed by atoms with E-state index in [0.29, 0.717) is 18.7 Å². The van der Waals surface area contributed by atoms with E-state index in [-0.39, 0.29) is 17.0 Å². The van der Waals surface area contributed by atoms with Gasteiger partial charge in [0.25, 0.3) is 0 Å². The molecule has 1 aliphatic rings. The second-order valence-corrected chi connectivity index (χ2v) is 6.85. The summed E-state index contributed by atoms with van der Waals surface area (Å²) in [6, 6.07) is 6.25. The topological polar surface area (TPSA) is 81.2 Å². The standard InChI is InChI=1S/C16H17NO5S/c1-21-16(20)14-9-17(4-5-23-14)8-10-6-15(19)22-13-7-11(18)2-3-12(10)13/h2-3,6-7,14,18H,4-5,8-9H2,1H3/p+1/t14-/m1/s1. The number of phenols is 1. The highest BCUT2D eigenvalue weighted by molar-refractivity contribution is 8.00. The average Bonchev–Trinajstić information content (AvgIpc) is 2.53. The number of hydrogen-bond acceptors (Lipinski definition) is 6. The average molecular weight is 336 g/mol. The van der Waals surface area contributed by atoms with Crippen molar-refractivity contribution in [3.63, 3.8) is 0 Å². The summed E-state index contributed by atoms with van der Waals surface area (Å²) in [5.74, 6) is 0.731. The number of hydrogen-bond donors (Lipinski definition) is 2. The molecule has 0 spiro atoms.